The van der Waals surface area contributed by atoms with Gasteiger partial charge in [0.2, 0.25) is 0 Å². The lowest BCUT2D eigenvalue weighted by atomic mass is 10.1. The number of anilines is 1. The van der Waals surface area contributed by atoms with Crippen LogP contribution in [0.2, 0.25) is 0 Å². The normalized spacial score (nSPS) is 13.8. The van der Waals surface area contributed by atoms with E-state index in [0.717, 1.165) is 17.5 Å². The Bertz CT molecular complexity index is 1310. The molecule has 0 bridgehead atoms. The molecule has 0 aliphatic carbocycles. The maximum Gasteiger partial charge on any atom is 0.326 e. The summed E-state index contributed by atoms with van der Waals surface area (Å²) < 4.78 is 0. The first kappa shape index (κ1) is 21.2. The number of aryl methyl sites for hydroxylation is 1. The van der Waals surface area contributed by atoms with Crippen molar-refractivity contribution in [2.24, 2.45) is 0 Å². The fraction of sp³-hybridized carbons (Fsp3) is 0.240. The first-order valence-electron chi connectivity index (χ1n) is 11.0. The number of H-pyrrole nitrogens is 1. The molecule has 1 fully saturated rings. The number of hydrogen-bond donors (Lipinski definition) is 2. The molecule has 172 valence electrons. The molecule has 7 nitrogen and oxygen atoms in total. The van der Waals surface area contributed by atoms with E-state index in [4.69, 9.17) is 0 Å². The summed E-state index contributed by atoms with van der Waals surface area (Å²) >= 11 is 1.27. The van der Waals surface area contributed by atoms with Gasteiger partial charge in [-0.1, -0.05) is 59.9 Å². The summed E-state index contributed by atoms with van der Waals surface area (Å²) in [6.45, 7) is 4.13. The van der Waals surface area contributed by atoms with Crippen LogP contribution in [-0.2, 0) is 13.0 Å². The number of aromatic amines is 1. The van der Waals surface area contributed by atoms with Gasteiger partial charge >= 0.3 is 6.03 Å². The van der Waals surface area contributed by atoms with Gasteiger partial charge in [0.1, 0.15) is 4.88 Å². The summed E-state index contributed by atoms with van der Waals surface area (Å²) in [5, 5.41) is 4.72. The van der Waals surface area contributed by atoms with Crippen LogP contribution < -0.4 is 10.2 Å². The molecule has 0 saturated carbocycles. The first-order valence-corrected chi connectivity index (χ1v) is 11.8. The van der Waals surface area contributed by atoms with Gasteiger partial charge in [-0.2, -0.15) is 0 Å². The van der Waals surface area contributed by atoms with Crippen molar-refractivity contribution in [2.75, 3.05) is 24.5 Å². The standard InChI is InChI=1S/C25H25N5O2S.2H2/c1-17-22(23(31)27-15-18-7-3-2-4-8-18)33-24(28-17)30-14-13-29(25(30)32)12-11-19-16-26-21-10-6-5-9-20(19)21;;/h2-10,16,26H,11-15H2,1H3,(H,27,31);2*1H. The highest BCUT2D eigenvalue weighted by Crippen LogP contribution is 2.29. The monoisotopic (exact) mass is 463 g/mol. The molecule has 2 aromatic heterocycles. The summed E-state index contributed by atoms with van der Waals surface area (Å²) in [6, 6.07) is 17.9. The van der Waals surface area contributed by atoms with Gasteiger partial charge in [-0.05, 0) is 30.5 Å². The lowest BCUT2D eigenvalue weighted by Gasteiger charge is -2.16. The highest BCUT2D eigenvalue weighted by atomic mass is 32.1. The van der Waals surface area contributed by atoms with Crippen LogP contribution in [0, 0.1) is 6.92 Å². The molecule has 0 atom stereocenters. The number of aromatic nitrogens is 2. The largest absolute Gasteiger partial charge is 0.361 e. The molecule has 33 heavy (non-hydrogen) atoms. The topological polar surface area (TPSA) is 81.3 Å². The van der Waals surface area contributed by atoms with Crippen molar-refractivity contribution < 1.29 is 12.4 Å². The van der Waals surface area contributed by atoms with Crippen LogP contribution in [0.3, 0.4) is 0 Å². The minimum Gasteiger partial charge on any atom is -0.361 e. The summed E-state index contributed by atoms with van der Waals surface area (Å²) in [6.07, 6.45) is 2.81. The minimum atomic E-state index is -0.164. The van der Waals surface area contributed by atoms with Crippen LogP contribution in [0.15, 0.2) is 60.8 Å². The molecule has 3 heterocycles. The molecule has 0 spiro atoms. The third-order valence-electron chi connectivity index (χ3n) is 5.94. The van der Waals surface area contributed by atoms with Gasteiger partial charge in [-0.15, -0.1) is 0 Å². The minimum absolute atomic E-state index is 0. The van der Waals surface area contributed by atoms with E-state index in [0.29, 0.717) is 41.9 Å². The van der Waals surface area contributed by atoms with Gasteiger partial charge < -0.3 is 15.2 Å². The van der Waals surface area contributed by atoms with Crippen LogP contribution in [0.1, 0.15) is 29.3 Å². The SMILES string of the molecule is Cc1nc(N2CCN(CCc3c[nH]c4ccccc34)C2=O)sc1C(=O)NCc1ccccc1.[HH].[HH]. The van der Waals surface area contributed by atoms with Crippen LogP contribution >= 0.6 is 11.3 Å². The Morgan fingerprint density at radius 3 is 2.79 bits per heavy atom. The third kappa shape index (κ3) is 4.34. The quantitative estimate of drug-likeness (QED) is 0.411. The lowest BCUT2D eigenvalue weighted by Crippen LogP contribution is -2.33. The number of nitrogens with one attached hydrogen (secondary N) is 2. The fourth-order valence-electron chi connectivity index (χ4n) is 4.13. The van der Waals surface area contributed by atoms with Crippen molar-refractivity contribution in [3.8, 4) is 0 Å². The molecular formula is C25H29N5O2S. The van der Waals surface area contributed by atoms with E-state index in [1.807, 2.05) is 60.5 Å². The Morgan fingerprint density at radius 1 is 1.15 bits per heavy atom. The van der Waals surface area contributed by atoms with E-state index < -0.39 is 0 Å². The average Bonchev–Trinajstić information content (AvgIpc) is 3.53. The highest BCUT2D eigenvalue weighted by Gasteiger charge is 2.32. The zero-order valence-electron chi connectivity index (χ0n) is 18.4. The molecule has 3 amide bonds. The number of para-hydroxylation sites is 1. The zero-order valence-corrected chi connectivity index (χ0v) is 19.2. The maximum absolute atomic E-state index is 13.0. The zero-order chi connectivity index (χ0) is 22.8. The Morgan fingerprint density at radius 2 is 1.94 bits per heavy atom. The number of nitrogens with zero attached hydrogens (tertiary/aromatic N) is 3. The number of carbonyl (C=O) groups excluding carboxylic acids is 2. The Balaban J connectivity index is 0.00000171. The smallest absolute Gasteiger partial charge is 0.326 e. The number of carbonyl (C=O) groups is 2. The van der Waals surface area contributed by atoms with Crippen LogP contribution in [0.4, 0.5) is 9.93 Å². The van der Waals surface area contributed by atoms with Crippen LogP contribution in [0.5, 0.6) is 0 Å². The molecule has 0 unspecified atom stereocenters. The van der Waals surface area contributed by atoms with Gasteiger partial charge in [0.15, 0.2) is 5.13 Å². The molecule has 5 rings (SSSR count). The highest BCUT2D eigenvalue weighted by molar-refractivity contribution is 7.17. The van der Waals surface area contributed by atoms with Crippen molar-refractivity contribution in [1.82, 2.24) is 20.2 Å². The lowest BCUT2D eigenvalue weighted by molar-refractivity contribution is 0.0954. The number of benzene rings is 2. The molecule has 0 radical (unpaired) electrons. The molecule has 1 aliphatic rings. The van der Waals surface area contributed by atoms with Crippen molar-refractivity contribution in [3.05, 3.63) is 82.5 Å². The number of fused-ring (bicyclic) bond motifs is 1. The predicted octanol–water partition coefficient (Wildman–Crippen LogP) is 4.84. The Kier molecular flexibility index (Phi) is 5.83. The van der Waals surface area contributed by atoms with Gasteiger partial charge in [-0.3, -0.25) is 9.69 Å². The second-order valence-electron chi connectivity index (χ2n) is 8.11. The summed E-state index contributed by atoms with van der Waals surface area (Å²) in [5.41, 5.74) is 4.00. The van der Waals surface area contributed by atoms with Crippen LogP contribution in [0.25, 0.3) is 10.9 Å². The Hall–Kier alpha value is -3.65. The molecule has 8 heteroatoms. The average molecular weight is 464 g/mol. The van der Waals surface area contributed by atoms with Crippen LogP contribution in [-0.4, -0.2) is 46.4 Å². The molecule has 4 aromatic rings. The van der Waals surface area contributed by atoms with Gasteiger partial charge in [0.25, 0.3) is 5.91 Å². The fourth-order valence-corrected chi connectivity index (χ4v) is 5.13. The van der Waals surface area contributed by atoms with Crippen molar-refractivity contribution >= 4 is 39.3 Å². The number of amides is 3. The first-order chi connectivity index (χ1) is 16.1. The summed E-state index contributed by atoms with van der Waals surface area (Å²) in [4.78, 5) is 37.6. The third-order valence-corrected chi connectivity index (χ3v) is 7.12. The van der Waals surface area contributed by atoms with Gasteiger partial charge in [0, 0.05) is 46.1 Å². The second-order valence-corrected chi connectivity index (χ2v) is 9.09. The van der Waals surface area contributed by atoms with Crippen molar-refractivity contribution in [3.63, 3.8) is 0 Å². The second kappa shape index (κ2) is 9.07. The van der Waals surface area contributed by atoms with E-state index in [-0.39, 0.29) is 14.8 Å². The predicted molar refractivity (Wildman–Crippen MR) is 135 cm³/mol. The number of urea groups is 1. The van der Waals surface area contributed by atoms with E-state index in [1.54, 1.807) is 4.90 Å². The molecule has 1 saturated heterocycles. The molecular weight excluding hydrogens is 434 g/mol. The Labute approximate surface area is 199 Å². The summed E-state index contributed by atoms with van der Waals surface area (Å²) in [7, 11) is 0. The van der Waals surface area contributed by atoms with Gasteiger partial charge in [-0.25, -0.2) is 9.78 Å². The summed E-state index contributed by atoms with van der Waals surface area (Å²) in [5.74, 6) is -0.164. The molecule has 1 aliphatic heterocycles. The van der Waals surface area contributed by atoms with E-state index in [2.05, 4.69) is 27.4 Å². The van der Waals surface area contributed by atoms with Gasteiger partial charge in [0.05, 0.1) is 5.69 Å². The van der Waals surface area contributed by atoms with E-state index >= 15 is 0 Å². The van der Waals surface area contributed by atoms with Crippen molar-refractivity contribution in [2.45, 2.75) is 19.9 Å². The number of hydrogen-bond acceptors (Lipinski definition) is 4. The molecule has 2 aromatic carbocycles. The van der Waals surface area contributed by atoms with E-state index in [9.17, 15) is 9.59 Å². The number of rotatable bonds is 7. The maximum atomic E-state index is 13.0. The van der Waals surface area contributed by atoms with E-state index in [1.165, 1.54) is 22.3 Å². The molecule has 2 N–H and O–H groups in total. The number of thiazole rings is 1. The van der Waals surface area contributed by atoms with Crippen molar-refractivity contribution in [1.29, 1.82) is 0 Å².